The molecule has 0 aliphatic heterocycles. The van der Waals surface area contributed by atoms with E-state index in [1.54, 1.807) is 24.3 Å². The van der Waals surface area contributed by atoms with E-state index in [4.69, 9.17) is 15.0 Å². The van der Waals surface area contributed by atoms with Crippen LogP contribution in [-0.4, -0.2) is 24.3 Å². The molecule has 0 fully saturated rings. The van der Waals surface area contributed by atoms with E-state index in [1.165, 1.54) is 7.11 Å². The number of benzene rings is 1. The molecule has 0 saturated heterocycles. The maximum atomic E-state index is 10.8. The van der Waals surface area contributed by atoms with Gasteiger partial charge in [-0.25, -0.2) is 4.79 Å². The van der Waals surface area contributed by atoms with Crippen LogP contribution in [0.3, 0.4) is 0 Å². The Balaban J connectivity index is 0.000000487. The van der Waals surface area contributed by atoms with Crippen LogP contribution in [0, 0.1) is 0 Å². The third-order valence-electron chi connectivity index (χ3n) is 1.54. The Kier molecular flexibility index (Phi) is 6.30. The van der Waals surface area contributed by atoms with Gasteiger partial charge < -0.3 is 24.9 Å². The SMILES string of the molecule is COC(=O)C(O)c1ccccc1.O=C([O-])[O-]. The zero-order valence-electron chi connectivity index (χ0n) is 8.45. The van der Waals surface area contributed by atoms with E-state index in [0.717, 1.165) is 0 Å². The van der Waals surface area contributed by atoms with Crippen LogP contribution in [0.2, 0.25) is 0 Å². The first-order chi connectivity index (χ1) is 7.49. The van der Waals surface area contributed by atoms with Gasteiger partial charge in [0.15, 0.2) is 6.10 Å². The molecule has 1 aromatic carbocycles. The molecule has 1 unspecified atom stereocenters. The molecule has 0 aliphatic rings. The Hall–Kier alpha value is -2.08. The summed E-state index contributed by atoms with van der Waals surface area (Å²) in [7, 11) is 1.24. The van der Waals surface area contributed by atoms with E-state index in [1.807, 2.05) is 6.07 Å². The molecular formula is C10H10O6-2. The lowest BCUT2D eigenvalue weighted by atomic mass is 10.1. The molecule has 6 nitrogen and oxygen atoms in total. The molecule has 0 radical (unpaired) electrons. The van der Waals surface area contributed by atoms with Crippen LogP contribution in [0.1, 0.15) is 11.7 Å². The van der Waals surface area contributed by atoms with E-state index in [-0.39, 0.29) is 0 Å². The van der Waals surface area contributed by atoms with Gasteiger partial charge in [0, 0.05) is 0 Å². The molecule has 16 heavy (non-hydrogen) atoms. The monoisotopic (exact) mass is 226 g/mol. The molecular weight excluding hydrogens is 216 g/mol. The Labute approximate surface area is 91.7 Å². The summed E-state index contributed by atoms with van der Waals surface area (Å²) < 4.78 is 4.38. The summed E-state index contributed by atoms with van der Waals surface area (Å²) in [4.78, 5) is 19.2. The molecule has 0 heterocycles. The average Bonchev–Trinajstić information content (AvgIpc) is 2.27. The van der Waals surface area contributed by atoms with Crippen LogP contribution < -0.4 is 10.2 Å². The molecule has 0 spiro atoms. The predicted molar refractivity (Wildman–Crippen MR) is 48.8 cm³/mol. The fourth-order valence-corrected chi connectivity index (χ4v) is 0.883. The van der Waals surface area contributed by atoms with Crippen LogP contribution in [0.4, 0.5) is 4.79 Å². The Morgan fingerprint density at radius 3 is 2.06 bits per heavy atom. The number of hydrogen-bond donors (Lipinski definition) is 1. The summed E-state index contributed by atoms with van der Waals surface area (Å²) in [6, 6.07) is 8.65. The molecule has 0 bridgehead atoms. The van der Waals surface area contributed by atoms with Gasteiger partial charge >= 0.3 is 5.97 Å². The Morgan fingerprint density at radius 2 is 1.69 bits per heavy atom. The molecule has 88 valence electrons. The summed E-state index contributed by atoms with van der Waals surface area (Å²) in [5.74, 6) is -0.638. The maximum Gasteiger partial charge on any atom is 0.339 e. The summed E-state index contributed by atoms with van der Waals surface area (Å²) in [5.41, 5.74) is 0.546. The van der Waals surface area contributed by atoms with E-state index in [9.17, 15) is 9.90 Å². The highest BCUT2D eigenvalue weighted by molar-refractivity contribution is 5.75. The van der Waals surface area contributed by atoms with E-state index >= 15 is 0 Å². The van der Waals surface area contributed by atoms with E-state index in [0.29, 0.717) is 5.56 Å². The van der Waals surface area contributed by atoms with Crippen LogP contribution >= 0.6 is 0 Å². The number of ether oxygens (including phenoxy) is 1. The second-order valence-electron chi connectivity index (χ2n) is 2.59. The molecule has 0 aliphatic carbocycles. The summed E-state index contributed by atoms with van der Waals surface area (Å²) in [6.07, 6.45) is -3.50. The minimum atomic E-state index is -2.33. The second kappa shape index (κ2) is 7.24. The van der Waals surface area contributed by atoms with Crippen molar-refractivity contribution in [3.63, 3.8) is 0 Å². The van der Waals surface area contributed by atoms with Crippen molar-refractivity contribution in [2.45, 2.75) is 6.10 Å². The van der Waals surface area contributed by atoms with E-state index < -0.39 is 18.2 Å². The first-order valence-electron chi connectivity index (χ1n) is 4.18. The molecule has 1 N–H and O–H groups in total. The van der Waals surface area contributed by atoms with Gasteiger partial charge in [-0.15, -0.1) is 0 Å². The van der Waals surface area contributed by atoms with Gasteiger partial charge in [0.1, 0.15) is 0 Å². The zero-order valence-corrected chi connectivity index (χ0v) is 8.45. The van der Waals surface area contributed by atoms with Crippen molar-refractivity contribution in [1.29, 1.82) is 0 Å². The highest BCUT2D eigenvalue weighted by Gasteiger charge is 2.16. The Morgan fingerprint density at radius 1 is 1.25 bits per heavy atom. The summed E-state index contributed by atoms with van der Waals surface area (Å²) in [6.45, 7) is 0. The van der Waals surface area contributed by atoms with Crippen molar-refractivity contribution in [3.8, 4) is 0 Å². The van der Waals surface area contributed by atoms with E-state index in [2.05, 4.69) is 4.74 Å². The lowest BCUT2D eigenvalue weighted by Gasteiger charge is -2.07. The summed E-state index contributed by atoms with van der Waals surface area (Å²) in [5, 5.41) is 26.0. The third kappa shape index (κ3) is 5.61. The number of carboxylic acid groups (broad SMARTS) is 2. The fourth-order valence-electron chi connectivity index (χ4n) is 0.883. The third-order valence-corrected chi connectivity index (χ3v) is 1.54. The summed E-state index contributed by atoms with van der Waals surface area (Å²) >= 11 is 0. The largest absolute Gasteiger partial charge is 0.652 e. The first kappa shape index (κ1) is 13.9. The zero-order chi connectivity index (χ0) is 12.6. The number of carbonyl (C=O) groups excluding carboxylic acids is 2. The van der Waals surface area contributed by atoms with Crippen LogP contribution in [0.5, 0.6) is 0 Å². The van der Waals surface area contributed by atoms with Gasteiger partial charge in [0.25, 0.3) is 0 Å². The van der Waals surface area contributed by atoms with Crippen molar-refractivity contribution in [2.24, 2.45) is 0 Å². The molecule has 0 amide bonds. The van der Waals surface area contributed by atoms with Crippen molar-refractivity contribution in [3.05, 3.63) is 35.9 Å². The van der Waals surface area contributed by atoms with Gasteiger partial charge in [-0.1, -0.05) is 30.3 Å². The number of methoxy groups -OCH3 is 1. The fraction of sp³-hybridized carbons (Fsp3) is 0.200. The molecule has 1 atom stereocenters. The predicted octanol–water partition coefficient (Wildman–Crippen LogP) is -1.55. The van der Waals surface area contributed by atoms with Crippen LogP contribution in [0.15, 0.2) is 30.3 Å². The van der Waals surface area contributed by atoms with Crippen LogP contribution in [0.25, 0.3) is 0 Å². The topological polar surface area (TPSA) is 110 Å². The van der Waals surface area contributed by atoms with Gasteiger partial charge in [-0.05, 0) is 11.7 Å². The lowest BCUT2D eigenvalue weighted by Crippen LogP contribution is -2.37. The first-order valence-corrected chi connectivity index (χ1v) is 4.18. The number of hydrogen-bond acceptors (Lipinski definition) is 6. The second-order valence-corrected chi connectivity index (χ2v) is 2.59. The van der Waals surface area contributed by atoms with Crippen molar-refractivity contribution in [2.75, 3.05) is 7.11 Å². The molecule has 6 heteroatoms. The molecule has 0 aromatic heterocycles. The number of carbonyl (C=O) groups is 2. The normalized spacial score (nSPS) is 10.6. The number of aliphatic hydroxyl groups is 1. The maximum absolute atomic E-state index is 10.8. The molecule has 1 rings (SSSR count). The number of esters is 1. The molecule has 0 saturated carbocycles. The van der Waals surface area contributed by atoms with Gasteiger partial charge in [-0.2, -0.15) is 0 Å². The van der Waals surface area contributed by atoms with Crippen molar-refractivity contribution >= 4 is 12.1 Å². The van der Waals surface area contributed by atoms with Crippen molar-refractivity contribution in [1.82, 2.24) is 0 Å². The smallest absolute Gasteiger partial charge is 0.339 e. The highest BCUT2D eigenvalue weighted by Crippen LogP contribution is 2.12. The van der Waals surface area contributed by atoms with Gasteiger partial charge in [0.2, 0.25) is 0 Å². The molecule has 1 aromatic rings. The van der Waals surface area contributed by atoms with Gasteiger partial charge in [-0.3, -0.25) is 0 Å². The minimum absolute atomic E-state index is 0.546. The van der Waals surface area contributed by atoms with Crippen LogP contribution in [-0.2, 0) is 9.53 Å². The number of aliphatic hydroxyl groups excluding tert-OH is 1. The van der Waals surface area contributed by atoms with Crippen molar-refractivity contribution < 1.29 is 29.6 Å². The number of rotatable bonds is 2. The Bertz CT molecular complexity index is 330. The standard InChI is InChI=1S/C9H10O3.CH2O3/c1-12-9(11)8(10)7-5-3-2-4-6-7;2-1(3)4/h2-6,8,10H,1H3;(H2,2,3,4)/p-2. The minimum Gasteiger partial charge on any atom is -0.652 e. The quantitative estimate of drug-likeness (QED) is 0.611. The lowest BCUT2D eigenvalue weighted by molar-refractivity contribution is -0.415. The highest BCUT2D eigenvalue weighted by atomic mass is 16.6. The average molecular weight is 226 g/mol. The van der Waals surface area contributed by atoms with Gasteiger partial charge in [0.05, 0.1) is 7.11 Å².